The van der Waals surface area contributed by atoms with Crippen molar-refractivity contribution in [1.82, 2.24) is 0 Å². The molecule has 0 saturated carbocycles. The lowest BCUT2D eigenvalue weighted by Gasteiger charge is -2.26. The molecule has 1 unspecified atom stereocenters. The maximum absolute atomic E-state index is 12.5. The van der Waals surface area contributed by atoms with Gasteiger partial charge in [0.25, 0.3) is 5.91 Å². The lowest BCUT2D eigenvalue weighted by atomic mass is 9.78. The lowest BCUT2D eigenvalue weighted by Crippen LogP contribution is -2.30. The summed E-state index contributed by atoms with van der Waals surface area (Å²) in [6, 6.07) is 24.4. The van der Waals surface area contributed by atoms with E-state index in [1.54, 1.807) is 6.92 Å². The highest BCUT2D eigenvalue weighted by molar-refractivity contribution is 5.94. The number of benzene rings is 3. The molecule has 0 saturated heterocycles. The van der Waals surface area contributed by atoms with Crippen LogP contribution in [0.3, 0.4) is 0 Å². The van der Waals surface area contributed by atoms with Crippen LogP contribution < -0.4 is 10.1 Å². The van der Waals surface area contributed by atoms with E-state index >= 15 is 0 Å². The van der Waals surface area contributed by atoms with E-state index in [-0.39, 0.29) is 11.3 Å². The van der Waals surface area contributed by atoms with Crippen molar-refractivity contribution in [1.29, 1.82) is 0 Å². The zero-order chi connectivity index (χ0) is 21.0. The van der Waals surface area contributed by atoms with Crippen LogP contribution in [0.15, 0.2) is 72.8 Å². The van der Waals surface area contributed by atoms with Crippen LogP contribution >= 0.6 is 0 Å². The van der Waals surface area contributed by atoms with Crippen LogP contribution in [0.2, 0.25) is 0 Å². The topological polar surface area (TPSA) is 38.3 Å². The summed E-state index contributed by atoms with van der Waals surface area (Å²) in [4.78, 5) is 12.5. The smallest absolute Gasteiger partial charge is 0.265 e. The van der Waals surface area contributed by atoms with Crippen molar-refractivity contribution < 1.29 is 9.53 Å². The second-order valence-corrected chi connectivity index (χ2v) is 8.08. The molecule has 3 nitrogen and oxygen atoms in total. The van der Waals surface area contributed by atoms with E-state index in [4.69, 9.17) is 4.74 Å². The van der Waals surface area contributed by atoms with Crippen molar-refractivity contribution in [3.05, 3.63) is 95.1 Å². The first-order chi connectivity index (χ1) is 13.8. The molecule has 1 atom stereocenters. The number of anilines is 1. The SMILES string of the molecule is Cc1ccc(NC(=O)C(C)Oc2ccc(C(C)(C)c3ccccc3)cc2)c(C)c1. The van der Waals surface area contributed by atoms with Gasteiger partial charge >= 0.3 is 0 Å². The minimum absolute atomic E-state index is 0.105. The molecule has 1 N–H and O–H groups in total. The molecule has 0 aliphatic heterocycles. The maximum atomic E-state index is 12.5. The van der Waals surface area contributed by atoms with E-state index in [1.165, 1.54) is 16.7 Å². The number of ether oxygens (including phenoxy) is 1. The van der Waals surface area contributed by atoms with Gasteiger partial charge in [-0.2, -0.15) is 0 Å². The molecule has 0 bridgehead atoms. The van der Waals surface area contributed by atoms with Crippen molar-refractivity contribution >= 4 is 11.6 Å². The quantitative estimate of drug-likeness (QED) is 0.560. The fraction of sp³-hybridized carbons (Fsp3) is 0.269. The first kappa shape index (κ1) is 20.7. The molecule has 0 aliphatic carbocycles. The number of nitrogens with one attached hydrogen (secondary N) is 1. The second-order valence-electron chi connectivity index (χ2n) is 8.08. The number of aryl methyl sites for hydroxylation is 2. The molecular formula is C26H29NO2. The van der Waals surface area contributed by atoms with Crippen LogP contribution in [0.4, 0.5) is 5.69 Å². The fourth-order valence-electron chi connectivity index (χ4n) is 3.42. The highest BCUT2D eigenvalue weighted by Crippen LogP contribution is 2.32. The van der Waals surface area contributed by atoms with E-state index in [2.05, 4.69) is 55.6 Å². The minimum atomic E-state index is -0.594. The van der Waals surface area contributed by atoms with E-state index < -0.39 is 6.10 Å². The molecule has 29 heavy (non-hydrogen) atoms. The molecule has 1 amide bonds. The number of carbonyl (C=O) groups is 1. The highest BCUT2D eigenvalue weighted by Gasteiger charge is 2.23. The molecule has 3 heteroatoms. The van der Waals surface area contributed by atoms with Gasteiger partial charge in [-0.05, 0) is 55.7 Å². The first-order valence-electron chi connectivity index (χ1n) is 9.98. The van der Waals surface area contributed by atoms with Gasteiger partial charge < -0.3 is 10.1 Å². The van der Waals surface area contributed by atoms with Crippen molar-refractivity contribution in [3.8, 4) is 5.75 Å². The minimum Gasteiger partial charge on any atom is -0.481 e. The lowest BCUT2D eigenvalue weighted by molar-refractivity contribution is -0.122. The monoisotopic (exact) mass is 387 g/mol. The molecule has 3 aromatic carbocycles. The Labute approximate surface area is 173 Å². The van der Waals surface area contributed by atoms with Crippen molar-refractivity contribution in [2.45, 2.75) is 46.1 Å². The van der Waals surface area contributed by atoms with E-state index in [0.29, 0.717) is 5.75 Å². The summed E-state index contributed by atoms with van der Waals surface area (Å²) in [5.74, 6) is 0.520. The molecule has 0 radical (unpaired) electrons. The first-order valence-corrected chi connectivity index (χ1v) is 9.98. The highest BCUT2D eigenvalue weighted by atomic mass is 16.5. The second kappa shape index (κ2) is 8.52. The Balaban J connectivity index is 1.66. The summed E-state index contributed by atoms with van der Waals surface area (Å²) in [6.45, 7) is 10.2. The summed E-state index contributed by atoms with van der Waals surface area (Å²) >= 11 is 0. The number of carbonyl (C=O) groups excluding carboxylic acids is 1. The molecule has 150 valence electrons. The Morgan fingerprint density at radius 1 is 0.897 bits per heavy atom. The predicted molar refractivity (Wildman–Crippen MR) is 120 cm³/mol. The molecule has 0 aliphatic rings. The Morgan fingerprint density at radius 3 is 2.14 bits per heavy atom. The number of hydrogen-bond donors (Lipinski definition) is 1. The Morgan fingerprint density at radius 2 is 1.52 bits per heavy atom. The zero-order valence-corrected chi connectivity index (χ0v) is 17.8. The van der Waals surface area contributed by atoms with E-state index in [1.807, 2.05) is 50.2 Å². The van der Waals surface area contributed by atoms with Crippen LogP contribution in [0.25, 0.3) is 0 Å². The van der Waals surface area contributed by atoms with Crippen LogP contribution in [-0.2, 0) is 10.2 Å². The van der Waals surface area contributed by atoms with Crippen LogP contribution in [0.1, 0.15) is 43.0 Å². The molecular weight excluding hydrogens is 358 g/mol. The summed E-state index contributed by atoms with van der Waals surface area (Å²) in [6.07, 6.45) is -0.594. The Hall–Kier alpha value is -3.07. The molecule has 0 aromatic heterocycles. The van der Waals surface area contributed by atoms with Gasteiger partial charge in [0.05, 0.1) is 0 Å². The molecule has 0 spiro atoms. The van der Waals surface area contributed by atoms with Crippen LogP contribution in [0.5, 0.6) is 5.75 Å². The van der Waals surface area contributed by atoms with E-state index in [9.17, 15) is 4.79 Å². The third-order valence-electron chi connectivity index (χ3n) is 5.39. The summed E-state index contributed by atoms with van der Waals surface area (Å²) in [5, 5.41) is 2.95. The summed E-state index contributed by atoms with van der Waals surface area (Å²) in [5.41, 5.74) is 5.38. The summed E-state index contributed by atoms with van der Waals surface area (Å²) in [7, 11) is 0. The molecule has 0 fully saturated rings. The van der Waals surface area contributed by atoms with Gasteiger partial charge in [0, 0.05) is 11.1 Å². The van der Waals surface area contributed by atoms with Gasteiger partial charge in [0.1, 0.15) is 5.75 Å². The molecule has 3 rings (SSSR count). The van der Waals surface area contributed by atoms with E-state index in [0.717, 1.165) is 11.3 Å². The third kappa shape index (κ3) is 4.86. The van der Waals surface area contributed by atoms with Crippen molar-refractivity contribution in [3.63, 3.8) is 0 Å². The van der Waals surface area contributed by atoms with Gasteiger partial charge in [-0.3, -0.25) is 4.79 Å². The standard InChI is InChI=1S/C26H29NO2/c1-18-11-16-24(19(2)17-18)27-25(28)20(3)29-23-14-12-22(13-15-23)26(4,5)21-9-7-6-8-10-21/h6-17,20H,1-5H3,(H,27,28). The van der Waals surface area contributed by atoms with Crippen LogP contribution in [-0.4, -0.2) is 12.0 Å². The fourth-order valence-corrected chi connectivity index (χ4v) is 3.42. The number of amides is 1. The van der Waals surface area contributed by atoms with Crippen molar-refractivity contribution in [2.75, 3.05) is 5.32 Å². The van der Waals surface area contributed by atoms with Gasteiger partial charge in [0.15, 0.2) is 6.10 Å². The van der Waals surface area contributed by atoms with Crippen LogP contribution in [0, 0.1) is 13.8 Å². The van der Waals surface area contributed by atoms with Gasteiger partial charge in [-0.15, -0.1) is 0 Å². The van der Waals surface area contributed by atoms with Gasteiger partial charge in [-0.25, -0.2) is 0 Å². The van der Waals surface area contributed by atoms with Gasteiger partial charge in [-0.1, -0.05) is 74.0 Å². The van der Waals surface area contributed by atoms with Crippen molar-refractivity contribution in [2.24, 2.45) is 0 Å². The third-order valence-corrected chi connectivity index (χ3v) is 5.39. The average Bonchev–Trinajstić information content (AvgIpc) is 2.71. The number of hydrogen-bond acceptors (Lipinski definition) is 2. The Kier molecular flexibility index (Phi) is 6.07. The summed E-state index contributed by atoms with van der Waals surface area (Å²) < 4.78 is 5.87. The maximum Gasteiger partial charge on any atom is 0.265 e. The Bertz CT molecular complexity index is 975. The average molecular weight is 388 g/mol. The molecule has 0 heterocycles. The largest absolute Gasteiger partial charge is 0.481 e. The normalized spacial score (nSPS) is 12.3. The number of rotatable bonds is 6. The van der Waals surface area contributed by atoms with Gasteiger partial charge in [0.2, 0.25) is 0 Å². The zero-order valence-electron chi connectivity index (χ0n) is 17.8. The molecule has 3 aromatic rings. The predicted octanol–water partition coefficient (Wildman–Crippen LogP) is 6.04.